The molecule has 2 rings (SSSR count). The Kier molecular flexibility index (Phi) is 3.93. The van der Waals surface area contributed by atoms with Crippen LogP contribution in [0, 0.1) is 5.41 Å². The van der Waals surface area contributed by atoms with Crippen LogP contribution in [-0.2, 0) is 0 Å². The SMILES string of the molecule is N=C(N)C1=CNC=C/C1=C(/N)c1ccc(C(F)F)cc1O. The van der Waals surface area contributed by atoms with Gasteiger partial charge in [0.05, 0.1) is 5.70 Å². The summed E-state index contributed by atoms with van der Waals surface area (Å²) in [6.45, 7) is 0. The lowest BCUT2D eigenvalue weighted by Crippen LogP contribution is -2.20. The lowest BCUT2D eigenvalue weighted by molar-refractivity contribution is 0.151. The molecular weight excluding hydrogens is 278 g/mol. The number of rotatable bonds is 3. The maximum atomic E-state index is 12.6. The van der Waals surface area contributed by atoms with Crippen LogP contribution in [0.2, 0.25) is 0 Å². The summed E-state index contributed by atoms with van der Waals surface area (Å²) in [5.41, 5.74) is 12.3. The number of halogens is 2. The van der Waals surface area contributed by atoms with Gasteiger partial charge in [-0.25, -0.2) is 8.78 Å². The van der Waals surface area contributed by atoms with Gasteiger partial charge in [0.1, 0.15) is 11.6 Å². The predicted molar refractivity (Wildman–Crippen MR) is 76.4 cm³/mol. The third-order valence-electron chi connectivity index (χ3n) is 3.01. The van der Waals surface area contributed by atoms with Crippen LogP contribution in [0.4, 0.5) is 8.78 Å². The van der Waals surface area contributed by atoms with Crippen molar-refractivity contribution < 1.29 is 13.9 Å². The zero-order chi connectivity index (χ0) is 15.6. The third kappa shape index (κ3) is 2.86. The topological polar surface area (TPSA) is 108 Å². The van der Waals surface area contributed by atoms with Crippen molar-refractivity contribution in [1.82, 2.24) is 5.32 Å². The smallest absolute Gasteiger partial charge is 0.263 e. The van der Waals surface area contributed by atoms with Gasteiger partial charge in [0.2, 0.25) is 0 Å². The zero-order valence-corrected chi connectivity index (χ0v) is 10.9. The minimum Gasteiger partial charge on any atom is -0.507 e. The van der Waals surface area contributed by atoms with E-state index in [4.69, 9.17) is 16.9 Å². The highest BCUT2D eigenvalue weighted by Gasteiger charge is 2.17. The van der Waals surface area contributed by atoms with Crippen LogP contribution in [0.1, 0.15) is 17.6 Å². The molecule has 0 aromatic heterocycles. The van der Waals surface area contributed by atoms with E-state index in [1.807, 2.05) is 0 Å². The van der Waals surface area contributed by atoms with Gasteiger partial charge in [-0.1, -0.05) is 6.07 Å². The minimum atomic E-state index is -2.68. The molecule has 110 valence electrons. The van der Waals surface area contributed by atoms with E-state index >= 15 is 0 Å². The highest BCUT2D eigenvalue weighted by Crippen LogP contribution is 2.31. The molecule has 1 aromatic rings. The van der Waals surface area contributed by atoms with Crippen LogP contribution >= 0.6 is 0 Å². The molecule has 1 heterocycles. The van der Waals surface area contributed by atoms with Crippen molar-refractivity contribution >= 4 is 11.5 Å². The molecule has 0 amide bonds. The van der Waals surface area contributed by atoms with Crippen LogP contribution < -0.4 is 16.8 Å². The van der Waals surface area contributed by atoms with Crippen LogP contribution in [0.3, 0.4) is 0 Å². The number of allylic oxidation sites excluding steroid dienone is 1. The summed E-state index contributed by atoms with van der Waals surface area (Å²) in [5.74, 6) is -0.555. The first-order valence-electron chi connectivity index (χ1n) is 6.00. The van der Waals surface area contributed by atoms with Crippen molar-refractivity contribution in [2.45, 2.75) is 6.43 Å². The first kappa shape index (κ1) is 14.6. The molecule has 7 N–H and O–H groups in total. The van der Waals surface area contributed by atoms with Crippen LogP contribution in [-0.4, -0.2) is 10.9 Å². The number of nitrogens with two attached hydrogens (primary N) is 2. The van der Waals surface area contributed by atoms with Gasteiger partial charge < -0.3 is 21.9 Å². The van der Waals surface area contributed by atoms with Crippen molar-refractivity contribution in [1.29, 1.82) is 5.41 Å². The molecule has 0 aliphatic carbocycles. The monoisotopic (exact) mass is 292 g/mol. The molecule has 0 bridgehead atoms. The predicted octanol–water partition coefficient (Wildman–Crippen LogP) is 1.94. The number of aromatic hydroxyl groups is 1. The summed E-state index contributed by atoms with van der Waals surface area (Å²) in [5, 5.41) is 20.2. The normalized spacial score (nSPS) is 16.4. The first-order valence-corrected chi connectivity index (χ1v) is 6.00. The van der Waals surface area contributed by atoms with Crippen molar-refractivity contribution in [3.8, 4) is 5.75 Å². The van der Waals surface area contributed by atoms with Crippen LogP contribution in [0.5, 0.6) is 5.75 Å². The van der Waals surface area contributed by atoms with E-state index in [1.165, 1.54) is 18.3 Å². The second-order valence-electron chi connectivity index (χ2n) is 4.38. The van der Waals surface area contributed by atoms with Gasteiger partial charge >= 0.3 is 0 Å². The van der Waals surface area contributed by atoms with Gasteiger partial charge in [0.25, 0.3) is 6.43 Å². The zero-order valence-electron chi connectivity index (χ0n) is 10.9. The maximum absolute atomic E-state index is 12.6. The Morgan fingerprint density at radius 1 is 1.29 bits per heavy atom. The van der Waals surface area contributed by atoms with Gasteiger partial charge in [-0.15, -0.1) is 0 Å². The lowest BCUT2D eigenvalue weighted by Gasteiger charge is -2.16. The average molecular weight is 292 g/mol. The lowest BCUT2D eigenvalue weighted by atomic mass is 9.97. The summed E-state index contributed by atoms with van der Waals surface area (Å²) in [7, 11) is 0. The maximum Gasteiger partial charge on any atom is 0.263 e. The second kappa shape index (κ2) is 5.66. The number of hydrogen-bond acceptors (Lipinski definition) is 4. The number of phenolic OH excluding ortho intramolecular Hbond substituents is 1. The third-order valence-corrected chi connectivity index (χ3v) is 3.01. The minimum absolute atomic E-state index is 0.146. The molecule has 21 heavy (non-hydrogen) atoms. The number of benzene rings is 1. The molecule has 0 saturated heterocycles. The Morgan fingerprint density at radius 2 is 2.00 bits per heavy atom. The van der Waals surface area contributed by atoms with Crippen LogP contribution in [0.15, 0.2) is 47.8 Å². The highest BCUT2D eigenvalue weighted by molar-refractivity contribution is 6.02. The Hall–Kier alpha value is -2.83. The molecule has 0 saturated carbocycles. The van der Waals surface area contributed by atoms with Crippen molar-refractivity contribution in [2.24, 2.45) is 11.5 Å². The summed E-state index contributed by atoms with van der Waals surface area (Å²) >= 11 is 0. The number of dihydropyridines is 1. The quantitative estimate of drug-likeness (QED) is 0.433. The molecule has 0 spiro atoms. The molecule has 0 radical (unpaired) electrons. The second-order valence-corrected chi connectivity index (χ2v) is 4.38. The van der Waals surface area contributed by atoms with Crippen molar-refractivity contribution in [3.05, 3.63) is 58.9 Å². The summed E-state index contributed by atoms with van der Waals surface area (Å²) in [6, 6.07) is 3.47. The van der Waals surface area contributed by atoms with E-state index in [-0.39, 0.29) is 28.4 Å². The van der Waals surface area contributed by atoms with E-state index in [1.54, 1.807) is 12.3 Å². The van der Waals surface area contributed by atoms with Gasteiger partial charge in [-0.3, -0.25) is 5.41 Å². The van der Waals surface area contributed by atoms with Gasteiger partial charge in [0.15, 0.2) is 0 Å². The fraction of sp³-hybridized carbons (Fsp3) is 0.0714. The largest absolute Gasteiger partial charge is 0.507 e. The van der Waals surface area contributed by atoms with E-state index < -0.39 is 6.43 Å². The summed E-state index contributed by atoms with van der Waals surface area (Å²) < 4.78 is 25.1. The number of phenols is 1. The standard InChI is InChI=1S/C14H14F2N4O/c15-13(16)7-1-2-9(11(21)5-7)12(17)8-3-4-20-6-10(8)14(18)19/h1-6,13,20-21H,17H2,(H3,18,19)/b12-8-. The Balaban J connectivity index is 2.52. The van der Waals surface area contributed by atoms with Gasteiger partial charge in [-0.2, -0.15) is 0 Å². The average Bonchev–Trinajstić information content (AvgIpc) is 2.46. The number of nitrogens with one attached hydrogen (secondary N) is 2. The van der Waals surface area contributed by atoms with Gasteiger partial charge in [0, 0.05) is 34.7 Å². The molecule has 0 unspecified atom stereocenters. The fourth-order valence-electron chi connectivity index (χ4n) is 1.95. The first-order chi connectivity index (χ1) is 9.91. The van der Waals surface area contributed by atoms with Crippen LogP contribution in [0.25, 0.3) is 5.70 Å². The molecule has 5 nitrogen and oxygen atoms in total. The highest BCUT2D eigenvalue weighted by atomic mass is 19.3. The van der Waals surface area contributed by atoms with E-state index in [2.05, 4.69) is 5.32 Å². The van der Waals surface area contributed by atoms with Crippen molar-refractivity contribution in [3.63, 3.8) is 0 Å². The van der Waals surface area contributed by atoms with Crippen molar-refractivity contribution in [2.75, 3.05) is 0 Å². The molecule has 0 fully saturated rings. The number of alkyl halides is 2. The molecule has 0 atom stereocenters. The molecule has 1 aliphatic heterocycles. The summed E-state index contributed by atoms with van der Waals surface area (Å²) in [6.07, 6.45) is 1.99. The van der Waals surface area contributed by atoms with E-state index in [9.17, 15) is 13.9 Å². The molecular formula is C14H14F2N4O. The molecule has 7 heteroatoms. The Morgan fingerprint density at radius 3 is 2.57 bits per heavy atom. The van der Waals surface area contributed by atoms with Gasteiger partial charge in [-0.05, 0) is 18.2 Å². The Labute approximate surface area is 119 Å². The van der Waals surface area contributed by atoms with E-state index in [0.717, 1.165) is 6.07 Å². The fourth-order valence-corrected chi connectivity index (χ4v) is 1.95. The molecule has 1 aromatic carbocycles. The Bertz CT molecular complexity index is 678. The number of amidine groups is 1. The number of hydrogen-bond donors (Lipinski definition) is 5. The molecule has 1 aliphatic rings. The summed E-state index contributed by atoms with van der Waals surface area (Å²) in [4.78, 5) is 0. The van der Waals surface area contributed by atoms with E-state index in [0.29, 0.717) is 11.1 Å².